The Bertz CT molecular complexity index is 524. The third-order valence-corrected chi connectivity index (χ3v) is 3.94. The van der Waals surface area contributed by atoms with E-state index >= 15 is 0 Å². The summed E-state index contributed by atoms with van der Waals surface area (Å²) in [5, 5.41) is 0. The van der Waals surface area contributed by atoms with Gasteiger partial charge >= 0.3 is 16.4 Å². The number of rotatable bonds is 11. The van der Waals surface area contributed by atoms with Crippen molar-refractivity contribution in [1.82, 2.24) is 4.98 Å². The lowest BCUT2D eigenvalue weighted by Crippen LogP contribution is -2.20. The second kappa shape index (κ2) is 9.63. The summed E-state index contributed by atoms with van der Waals surface area (Å²) in [7, 11) is -4.77. The van der Waals surface area contributed by atoms with Crippen LogP contribution in [0.15, 0.2) is 18.3 Å². The van der Waals surface area contributed by atoms with Crippen LogP contribution >= 0.6 is 0 Å². The molecule has 1 aromatic rings. The number of H-pyrrole nitrogens is 1. The minimum Gasteiger partial charge on any atom is -0.364 e. The summed E-state index contributed by atoms with van der Waals surface area (Å²) in [6, 6.07) is 3.44. The molecule has 6 nitrogen and oxygen atoms in total. The molecule has 1 unspecified atom stereocenters. The molecule has 1 aromatic heterocycles. The van der Waals surface area contributed by atoms with Crippen molar-refractivity contribution in [1.29, 1.82) is 0 Å². The number of hydrogen-bond donors (Lipinski definition) is 2. The van der Waals surface area contributed by atoms with E-state index in [4.69, 9.17) is 4.55 Å². The Morgan fingerprint density at radius 3 is 2.41 bits per heavy atom. The predicted molar refractivity (Wildman–Crippen MR) is 83.8 cm³/mol. The van der Waals surface area contributed by atoms with Gasteiger partial charge in [0.25, 0.3) is 0 Å². The average molecular weight is 331 g/mol. The molecule has 0 saturated carbocycles. The van der Waals surface area contributed by atoms with E-state index in [2.05, 4.69) is 16.1 Å². The number of aromatic amines is 1. The molecule has 7 heteroatoms. The van der Waals surface area contributed by atoms with Crippen molar-refractivity contribution >= 4 is 16.4 Å². The third-order valence-electron chi connectivity index (χ3n) is 3.57. The van der Waals surface area contributed by atoms with Crippen LogP contribution in [0.2, 0.25) is 0 Å². The van der Waals surface area contributed by atoms with Crippen LogP contribution in [0, 0.1) is 0 Å². The first kappa shape index (κ1) is 18.7. The van der Waals surface area contributed by atoms with E-state index in [-0.39, 0.29) is 0 Å². The molecular weight excluding hydrogens is 306 g/mol. The van der Waals surface area contributed by atoms with Gasteiger partial charge in [-0.25, -0.2) is 0 Å². The number of hydrogen-bond acceptors (Lipinski definition) is 4. The monoisotopic (exact) mass is 331 g/mol. The van der Waals surface area contributed by atoms with Crippen LogP contribution in [0.1, 0.15) is 69.9 Å². The van der Waals surface area contributed by atoms with Crippen molar-refractivity contribution in [2.24, 2.45) is 0 Å². The summed E-state index contributed by atoms with van der Waals surface area (Å²) in [4.78, 5) is 14.8. The van der Waals surface area contributed by atoms with E-state index in [0.29, 0.717) is 12.1 Å². The Balaban J connectivity index is 2.45. The topological polar surface area (TPSA) is 96.5 Å². The van der Waals surface area contributed by atoms with E-state index < -0.39 is 22.3 Å². The highest BCUT2D eigenvalue weighted by Crippen LogP contribution is 2.24. The van der Waals surface area contributed by atoms with Gasteiger partial charge in [0.1, 0.15) is 0 Å². The summed E-state index contributed by atoms with van der Waals surface area (Å²) in [6.45, 7) is 2.17. The molecule has 0 aliphatic rings. The SMILES string of the molecule is CCCCCCCCCC(C(=O)OS(=O)(=O)O)c1ccc[nH]1. The van der Waals surface area contributed by atoms with Gasteiger partial charge in [-0.2, -0.15) is 8.42 Å². The minimum atomic E-state index is -4.77. The molecule has 1 rings (SSSR count). The number of unbranched alkanes of at least 4 members (excludes halogenated alkanes) is 6. The summed E-state index contributed by atoms with van der Waals surface area (Å²) in [5.41, 5.74) is 0.597. The lowest BCUT2D eigenvalue weighted by Gasteiger charge is -2.13. The quantitative estimate of drug-likeness (QED) is 0.477. The number of carbonyl (C=O) groups is 1. The van der Waals surface area contributed by atoms with Crippen LogP contribution in [0.5, 0.6) is 0 Å². The normalized spacial score (nSPS) is 13.0. The van der Waals surface area contributed by atoms with Crippen molar-refractivity contribution in [3.05, 3.63) is 24.0 Å². The molecule has 0 aromatic carbocycles. The van der Waals surface area contributed by atoms with Gasteiger partial charge in [0.2, 0.25) is 0 Å². The highest BCUT2D eigenvalue weighted by molar-refractivity contribution is 7.81. The van der Waals surface area contributed by atoms with E-state index in [9.17, 15) is 13.2 Å². The van der Waals surface area contributed by atoms with Gasteiger partial charge in [-0.3, -0.25) is 9.35 Å². The van der Waals surface area contributed by atoms with Gasteiger partial charge in [-0.1, -0.05) is 51.9 Å². The zero-order valence-corrected chi connectivity index (χ0v) is 13.8. The Kier molecular flexibility index (Phi) is 8.19. The molecule has 0 bridgehead atoms. The largest absolute Gasteiger partial charge is 0.449 e. The van der Waals surface area contributed by atoms with Crippen molar-refractivity contribution in [2.75, 3.05) is 0 Å². The van der Waals surface area contributed by atoms with Gasteiger partial charge < -0.3 is 9.17 Å². The van der Waals surface area contributed by atoms with Gasteiger partial charge in [0.05, 0.1) is 5.92 Å². The van der Waals surface area contributed by atoms with Crippen LogP contribution in [-0.2, 0) is 19.4 Å². The fraction of sp³-hybridized carbons (Fsp3) is 0.667. The van der Waals surface area contributed by atoms with E-state index in [1.54, 1.807) is 18.3 Å². The van der Waals surface area contributed by atoms with Crippen molar-refractivity contribution in [2.45, 2.75) is 64.2 Å². The minimum absolute atomic E-state index is 0.489. The van der Waals surface area contributed by atoms with Gasteiger partial charge in [0, 0.05) is 11.9 Å². The smallest absolute Gasteiger partial charge is 0.364 e. The molecule has 1 heterocycles. The molecule has 0 aliphatic heterocycles. The Hall–Kier alpha value is -1.34. The molecule has 0 fully saturated rings. The second-order valence-electron chi connectivity index (χ2n) is 5.42. The zero-order chi connectivity index (χ0) is 16.4. The maximum absolute atomic E-state index is 11.9. The summed E-state index contributed by atoms with van der Waals surface area (Å²) >= 11 is 0. The van der Waals surface area contributed by atoms with Crippen molar-refractivity contribution < 1.29 is 21.9 Å². The first-order valence-electron chi connectivity index (χ1n) is 7.78. The molecule has 1 atom stereocenters. The first-order chi connectivity index (χ1) is 10.4. The maximum atomic E-state index is 11.9. The Labute approximate surface area is 132 Å². The van der Waals surface area contributed by atoms with Crippen molar-refractivity contribution in [3.8, 4) is 0 Å². The molecular formula is C15H25NO5S. The highest BCUT2D eigenvalue weighted by atomic mass is 32.3. The zero-order valence-electron chi connectivity index (χ0n) is 13.0. The number of nitrogens with one attached hydrogen (secondary N) is 1. The molecule has 0 amide bonds. The second-order valence-corrected chi connectivity index (χ2v) is 6.44. The summed E-state index contributed by atoms with van der Waals surface area (Å²) in [6.07, 6.45) is 9.89. The molecule has 0 spiro atoms. The van der Waals surface area contributed by atoms with Crippen LogP contribution in [0.4, 0.5) is 0 Å². The van der Waals surface area contributed by atoms with Crippen LogP contribution in [-0.4, -0.2) is 23.9 Å². The molecule has 22 heavy (non-hydrogen) atoms. The fourth-order valence-corrected chi connectivity index (χ4v) is 2.75. The summed E-state index contributed by atoms with van der Waals surface area (Å²) < 4.78 is 34.1. The first-order valence-corrected chi connectivity index (χ1v) is 9.14. The Morgan fingerprint density at radius 2 is 1.86 bits per heavy atom. The summed E-state index contributed by atoms with van der Waals surface area (Å²) in [5.74, 6) is -1.65. The molecule has 0 saturated heterocycles. The highest BCUT2D eigenvalue weighted by Gasteiger charge is 2.26. The lowest BCUT2D eigenvalue weighted by atomic mass is 9.97. The third kappa shape index (κ3) is 7.61. The molecule has 0 aliphatic carbocycles. The average Bonchev–Trinajstić information content (AvgIpc) is 2.93. The van der Waals surface area contributed by atoms with E-state index in [1.165, 1.54) is 25.7 Å². The van der Waals surface area contributed by atoms with Crippen molar-refractivity contribution in [3.63, 3.8) is 0 Å². The number of aromatic nitrogens is 1. The van der Waals surface area contributed by atoms with Gasteiger partial charge in [-0.05, 0) is 18.6 Å². The fourth-order valence-electron chi connectivity index (χ4n) is 2.43. The molecule has 0 radical (unpaired) electrons. The molecule has 126 valence electrons. The molecule has 2 N–H and O–H groups in total. The van der Waals surface area contributed by atoms with E-state index in [1.807, 2.05) is 0 Å². The van der Waals surface area contributed by atoms with Crippen LogP contribution in [0.3, 0.4) is 0 Å². The van der Waals surface area contributed by atoms with Crippen LogP contribution in [0.25, 0.3) is 0 Å². The van der Waals surface area contributed by atoms with Crippen LogP contribution < -0.4 is 0 Å². The predicted octanol–water partition coefficient (Wildman–Crippen LogP) is 3.59. The maximum Gasteiger partial charge on any atom is 0.449 e. The standard InChI is InChI=1S/C15H25NO5S/c1-2-3-4-5-6-7-8-10-13(14-11-9-12-16-14)15(17)21-22(18,19)20/h9,11-13,16H,2-8,10H2,1H3,(H,18,19,20). The number of carbonyl (C=O) groups excluding carboxylic acids is 1. The lowest BCUT2D eigenvalue weighted by molar-refractivity contribution is -0.136. The Morgan fingerprint density at radius 1 is 1.23 bits per heavy atom. The van der Waals surface area contributed by atoms with Gasteiger partial charge in [0.15, 0.2) is 0 Å². The van der Waals surface area contributed by atoms with E-state index in [0.717, 1.165) is 19.3 Å². The van der Waals surface area contributed by atoms with Gasteiger partial charge in [-0.15, -0.1) is 0 Å².